The van der Waals surface area contributed by atoms with Gasteiger partial charge in [0.2, 0.25) is 0 Å². The first-order chi connectivity index (χ1) is 7.79. The van der Waals surface area contributed by atoms with Crippen molar-refractivity contribution >= 4 is 0 Å². The maximum atomic E-state index is 5.65. The summed E-state index contributed by atoms with van der Waals surface area (Å²) < 4.78 is 11.1. The first-order valence-electron chi connectivity index (χ1n) is 6.19. The third kappa shape index (κ3) is 3.35. The minimum absolute atomic E-state index is 0.595. The highest BCUT2D eigenvalue weighted by Gasteiger charge is 2.20. The Morgan fingerprint density at radius 3 is 3.00 bits per heavy atom. The molecule has 2 rings (SSSR count). The molecule has 0 aliphatic heterocycles. The van der Waals surface area contributed by atoms with E-state index in [1.807, 2.05) is 6.92 Å². The van der Waals surface area contributed by atoms with Crippen molar-refractivity contribution in [2.75, 3.05) is 6.61 Å². The lowest BCUT2D eigenvalue weighted by Gasteiger charge is -1.99. The van der Waals surface area contributed by atoms with E-state index in [9.17, 15) is 0 Å². The lowest BCUT2D eigenvalue weighted by molar-refractivity contribution is 0.106. The van der Waals surface area contributed by atoms with Crippen LogP contribution in [0.15, 0.2) is 10.5 Å². The standard InChI is InChI=1S/C13H21NO2/c1-3-6-15-9-13-7-11(10(2)16-13)8-14-12-4-5-12/h7,12,14H,3-6,8-9H2,1-2H3. The van der Waals surface area contributed by atoms with Crippen LogP contribution in [0.5, 0.6) is 0 Å². The topological polar surface area (TPSA) is 34.4 Å². The Balaban J connectivity index is 1.81. The van der Waals surface area contributed by atoms with Gasteiger partial charge in [-0.2, -0.15) is 0 Å². The Bertz CT molecular complexity index is 329. The van der Waals surface area contributed by atoms with Crippen LogP contribution in [0.1, 0.15) is 43.3 Å². The van der Waals surface area contributed by atoms with Crippen LogP contribution >= 0.6 is 0 Å². The number of hydrogen-bond donors (Lipinski definition) is 1. The van der Waals surface area contributed by atoms with Crippen LogP contribution in [-0.4, -0.2) is 12.6 Å². The summed E-state index contributed by atoms with van der Waals surface area (Å²) in [5.41, 5.74) is 1.27. The van der Waals surface area contributed by atoms with Crippen molar-refractivity contribution in [2.24, 2.45) is 0 Å². The smallest absolute Gasteiger partial charge is 0.130 e. The molecule has 0 spiro atoms. The van der Waals surface area contributed by atoms with Crippen LogP contribution in [0.2, 0.25) is 0 Å². The van der Waals surface area contributed by atoms with E-state index in [2.05, 4.69) is 18.3 Å². The molecule has 0 atom stereocenters. The van der Waals surface area contributed by atoms with Gasteiger partial charge < -0.3 is 14.5 Å². The van der Waals surface area contributed by atoms with E-state index in [1.54, 1.807) is 0 Å². The molecule has 1 aliphatic rings. The molecule has 1 aromatic heterocycles. The van der Waals surface area contributed by atoms with E-state index >= 15 is 0 Å². The van der Waals surface area contributed by atoms with Gasteiger partial charge in [0.1, 0.15) is 18.1 Å². The molecule has 1 saturated carbocycles. The molecule has 16 heavy (non-hydrogen) atoms. The second-order valence-corrected chi connectivity index (χ2v) is 4.50. The Morgan fingerprint density at radius 1 is 1.50 bits per heavy atom. The molecule has 0 radical (unpaired) electrons. The minimum Gasteiger partial charge on any atom is -0.464 e. The fraction of sp³-hybridized carbons (Fsp3) is 0.692. The minimum atomic E-state index is 0.595. The van der Waals surface area contributed by atoms with E-state index in [1.165, 1.54) is 18.4 Å². The van der Waals surface area contributed by atoms with Crippen LogP contribution in [0.4, 0.5) is 0 Å². The Morgan fingerprint density at radius 2 is 2.31 bits per heavy atom. The van der Waals surface area contributed by atoms with Gasteiger partial charge in [-0.05, 0) is 32.3 Å². The lowest BCUT2D eigenvalue weighted by Crippen LogP contribution is -2.15. The van der Waals surface area contributed by atoms with Crippen LogP contribution in [-0.2, 0) is 17.9 Å². The predicted octanol–water partition coefficient (Wildman–Crippen LogP) is 2.77. The van der Waals surface area contributed by atoms with Gasteiger partial charge in [0.05, 0.1) is 0 Å². The van der Waals surface area contributed by atoms with Crippen molar-refractivity contribution in [1.29, 1.82) is 0 Å². The molecule has 1 heterocycles. The zero-order valence-corrected chi connectivity index (χ0v) is 10.2. The second-order valence-electron chi connectivity index (χ2n) is 4.50. The van der Waals surface area contributed by atoms with Crippen molar-refractivity contribution in [3.63, 3.8) is 0 Å². The molecule has 1 aromatic rings. The summed E-state index contributed by atoms with van der Waals surface area (Å²) in [6.45, 7) is 6.45. The van der Waals surface area contributed by atoms with E-state index < -0.39 is 0 Å². The average Bonchev–Trinajstić information content (AvgIpc) is 3.02. The van der Waals surface area contributed by atoms with Crippen LogP contribution in [0.25, 0.3) is 0 Å². The van der Waals surface area contributed by atoms with Gasteiger partial charge in [-0.3, -0.25) is 0 Å². The average molecular weight is 223 g/mol. The Hall–Kier alpha value is -0.800. The van der Waals surface area contributed by atoms with Gasteiger partial charge in [0, 0.05) is 24.8 Å². The largest absolute Gasteiger partial charge is 0.464 e. The molecule has 90 valence electrons. The number of aryl methyl sites for hydroxylation is 1. The molecule has 0 aromatic carbocycles. The molecule has 0 saturated heterocycles. The summed E-state index contributed by atoms with van der Waals surface area (Å²) in [5, 5.41) is 3.49. The number of hydrogen-bond acceptors (Lipinski definition) is 3. The van der Waals surface area contributed by atoms with Crippen molar-refractivity contribution in [3.8, 4) is 0 Å². The molecule has 0 unspecified atom stereocenters. The van der Waals surface area contributed by atoms with Gasteiger partial charge in [0.25, 0.3) is 0 Å². The molecule has 1 N–H and O–H groups in total. The number of ether oxygens (including phenoxy) is 1. The zero-order chi connectivity index (χ0) is 11.4. The fourth-order valence-electron chi connectivity index (χ4n) is 1.69. The summed E-state index contributed by atoms with van der Waals surface area (Å²) in [6.07, 6.45) is 3.70. The Kier molecular flexibility index (Phi) is 4.02. The summed E-state index contributed by atoms with van der Waals surface area (Å²) in [7, 11) is 0. The molecule has 0 amide bonds. The van der Waals surface area contributed by atoms with Crippen LogP contribution < -0.4 is 5.32 Å². The molecule has 1 aliphatic carbocycles. The second kappa shape index (κ2) is 5.51. The van der Waals surface area contributed by atoms with Crippen molar-refractivity contribution in [1.82, 2.24) is 5.32 Å². The highest BCUT2D eigenvalue weighted by molar-refractivity contribution is 5.20. The summed E-state index contributed by atoms with van der Waals surface area (Å²) in [4.78, 5) is 0. The molecule has 1 fully saturated rings. The lowest BCUT2D eigenvalue weighted by atomic mass is 10.2. The number of nitrogens with one attached hydrogen (secondary N) is 1. The normalized spacial score (nSPS) is 15.6. The molecular weight excluding hydrogens is 202 g/mol. The van der Waals surface area contributed by atoms with Gasteiger partial charge in [-0.1, -0.05) is 6.92 Å². The van der Waals surface area contributed by atoms with Gasteiger partial charge in [-0.25, -0.2) is 0 Å². The van der Waals surface area contributed by atoms with Gasteiger partial charge in [0.15, 0.2) is 0 Å². The van der Waals surface area contributed by atoms with E-state index in [4.69, 9.17) is 9.15 Å². The monoisotopic (exact) mass is 223 g/mol. The Labute approximate surface area is 97.2 Å². The fourth-order valence-corrected chi connectivity index (χ4v) is 1.69. The third-order valence-electron chi connectivity index (χ3n) is 2.82. The maximum absolute atomic E-state index is 5.65. The summed E-state index contributed by atoms with van der Waals surface area (Å²) >= 11 is 0. The van der Waals surface area contributed by atoms with E-state index in [-0.39, 0.29) is 0 Å². The molecular formula is C13H21NO2. The number of rotatable bonds is 7. The SMILES string of the molecule is CCCOCc1cc(CNC2CC2)c(C)o1. The maximum Gasteiger partial charge on any atom is 0.130 e. The summed E-state index contributed by atoms with van der Waals surface area (Å²) in [5.74, 6) is 1.96. The number of furan rings is 1. The molecule has 0 bridgehead atoms. The first kappa shape index (κ1) is 11.7. The van der Waals surface area contributed by atoms with Crippen molar-refractivity contribution in [3.05, 3.63) is 23.2 Å². The third-order valence-corrected chi connectivity index (χ3v) is 2.82. The van der Waals surface area contributed by atoms with Crippen LogP contribution in [0.3, 0.4) is 0 Å². The highest BCUT2D eigenvalue weighted by atomic mass is 16.5. The van der Waals surface area contributed by atoms with Crippen molar-refractivity contribution < 1.29 is 9.15 Å². The highest BCUT2D eigenvalue weighted by Crippen LogP contribution is 2.21. The molecule has 3 nitrogen and oxygen atoms in total. The molecule has 3 heteroatoms. The summed E-state index contributed by atoms with van der Waals surface area (Å²) in [6, 6.07) is 2.86. The zero-order valence-electron chi connectivity index (χ0n) is 10.2. The van der Waals surface area contributed by atoms with Gasteiger partial charge >= 0.3 is 0 Å². The quantitative estimate of drug-likeness (QED) is 0.722. The first-order valence-corrected chi connectivity index (χ1v) is 6.19. The van der Waals surface area contributed by atoms with Crippen LogP contribution in [0, 0.1) is 6.92 Å². The van der Waals surface area contributed by atoms with E-state index in [0.29, 0.717) is 6.61 Å². The van der Waals surface area contributed by atoms with E-state index in [0.717, 1.165) is 37.1 Å². The predicted molar refractivity (Wildman–Crippen MR) is 63.3 cm³/mol. The van der Waals surface area contributed by atoms with Gasteiger partial charge in [-0.15, -0.1) is 0 Å². The van der Waals surface area contributed by atoms with Crippen molar-refractivity contribution in [2.45, 2.75) is 52.3 Å².